The van der Waals surface area contributed by atoms with Crippen molar-refractivity contribution in [3.05, 3.63) is 28.9 Å². The van der Waals surface area contributed by atoms with Crippen LogP contribution < -0.4 is 4.72 Å². The first-order chi connectivity index (χ1) is 8.88. The average molecular weight is 300 g/mol. The zero-order valence-corrected chi connectivity index (χ0v) is 11.2. The number of carboxylic acids is 1. The van der Waals surface area contributed by atoms with Crippen LogP contribution in [-0.2, 0) is 10.0 Å². The minimum absolute atomic E-state index is 0.0919. The van der Waals surface area contributed by atoms with Crippen LogP contribution in [0.25, 0.3) is 0 Å². The summed E-state index contributed by atoms with van der Waals surface area (Å²) in [5, 5.41) is 16.5. The highest BCUT2D eigenvalue weighted by Crippen LogP contribution is 2.18. The van der Waals surface area contributed by atoms with Gasteiger partial charge in [-0.1, -0.05) is 11.3 Å². The van der Waals surface area contributed by atoms with E-state index >= 15 is 0 Å². The smallest absolute Gasteiger partial charge is 0.337 e. The molecule has 2 heterocycles. The van der Waals surface area contributed by atoms with Crippen LogP contribution in [0.3, 0.4) is 0 Å². The third-order valence-corrected chi connectivity index (χ3v) is 4.14. The highest BCUT2D eigenvalue weighted by atomic mass is 32.2. The van der Waals surface area contributed by atoms with E-state index < -0.39 is 16.0 Å². The number of aromatic nitrogens is 3. The van der Waals surface area contributed by atoms with Crippen LogP contribution in [0.4, 0.5) is 5.13 Å². The number of nitrogens with one attached hydrogen (secondary N) is 1. The van der Waals surface area contributed by atoms with E-state index in [-0.39, 0.29) is 15.7 Å². The van der Waals surface area contributed by atoms with Gasteiger partial charge in [-0.25, -0.2) is 9.78 Å². The van der Waals surface area contributed by atoms with Crippen molar-refractivity contribution in [2.24, 2.45) is 0 Å². The Balaban J connectivity index is 2.26. The van der Waals surface area contributed by atoms with Gasteiger partial charge in [-0.15, -0.1) is 10.2 Å². The van der Waals surface area contributed by atoms with E-state index in [0.717, 1.165) is 29.7 Å². The largest absolute Gasteiger partial charge is 0.478 e. The van der Waals surface area contributed by atoms with Crippen LogP contribution in [-0.4, -0.2) is 34.7 Å². The molecule has 0 aliphatic rings. The molecular formula is C9H8N4O4S2. The molecule has 0 fully saturated rings. The van der Waals surface area contributed by atoms with E-state index in [1.54, 1.807) is 6.92 Å². The summed E-state index contributed by atoms with van der Waals surface area (Å²) in [7, 11) is -3.89. The summed E-state index contributed by atoms with van der Waals surface area (Å²) in [6.07, 6.45) is 0.974. The first-order valence-electron chi connectivity index (χ1n) is 4.91. The van der Waals surface area contributed by atoms with Crippen LogP contribution in [0, 0.1) is 6.92 Å². The van der Waals surface area contributed by atoms with Gasteiger partial charge in [-0.2, -0.15) is 8.42 Å². The minimum Gasteiger partial charge on any atom is -0.478 e. The van der Waals surface area contributed by atoms with Gasteiger partial charge >= 0.3 is 5.97 Å². The Morgan fingerprint density at radius 1 is 1.37 bits per heavy atom. The predicted molar refractivity (Wildman–Crippen MR) is 66.7 cm³/mol. The second-order valence-electron chi connectivity index (χ2n) is 3.42. The normalized spacial score (nSPS) is 11.2. The topological polar surface area (TPSA) is 122 Å². The summed E-state index contributed by atoms with van der Waals surface area (Å²) < 4.78 is 26.0. The maximum absolute atomic E-state index is 11.9. The van der Waals surface area contributed by atoms with Crippen molar-refractivity contribution >= 4 is 32.5 Å². The summed E-state index contributed by atoms with van der Waals surface area (Å²) >= 11 is 1.08. The van der Waals surface area contributed by atoms with Gasteiger partial charge in [-0.05, 0) is 19.1 Å². The number of nitrogens with zero attached hydrogens (tertiary/aromatic N) is 3. The van der Waals surface area contributed by atoms with E-state index in [4.69, 9.17) is 5.11 Å². The predicted octanol–water partition coefficient (Wildman–Crippen LogP) is 0.741. The zero-order valence-electron chi connectivity index (χ0n) is 9.56. The monoisotopic (exact) mass is 300 g/mol. The Hall–Kier alpha value is -2.07. The van der Waals surface area contributed by atoms with Crippen molar-refractivity contribution in [2.75, 3.05) is 4.72 Å². The fraction of sp³-hybridized carbons (Fsp3) is 0.111. The molecule has 0 saturated carbocycles. The number of anilines is 1. The number of rotatable bonds is 4. The lowest BCUT2D eigenvalue weighted by molar-refractivity contribution is 0.0696. The zero-order chi connectivity index (χ0) is 14.0. The Labute approximate surface area is 112 Å². The summed E-state index contributed by atoms with van der Waals surface area (Å²) in [5.74, 6) is -1.18. The maximum Gasteiger partial charge on any atom is 0.337 e. The standard InChI is InChI=1S/C9H8N4O4S2/c1-5-11-12-9(18-5)13-19(16,17)7-3-2-6(4-10-7)8(14)15/h2-4H,1H3,(H,12,13)(H,14,15). The highest BCUT2D eigenvalue weighted by molar-refractivity contribution is 7.92. The lowest BCUT2D eigenvalue weighted by Crippen LogP contribution is -2.14. The number of aryl methyl sites for hydroxylation is 1. The van der Waals surface area contributed by atoms with Crippen molar-refractivity contribution in [3.8, 4) is 0 Å². The highest BCUT2D eigenvalue weighted by Gasteiger charge is 2.18. The molecule has 0 bridgehead atoms. The number of aromatic carboxylic acids is 1. The van der Waals surface area contributed by atoms with Gasteiger partial charge in [0, 0.05) is 6.20 Å². The molecule has 2 aromatic rings. The maximum atomic E-state index is 11.9. The molecule has 0 spiro atoms. The van der Waals surface area contributed by atoms with Crippen molar-refractivity contribution in [1.29, 1.82) is 0 Å². The number of carboxylic acid groups (broad SMARTS) is 1. The molecule has 0 aliphatic heterocycles. The van der Waals surface area contributed by atoms with Gasteiger partial charge in [0.2, 0.25) is 5.13 Å². The molecule has 2 aromatic heterocycles. The number of hydrogen-bond donors (Lipinski definition) is 2. The second-order valence-corrected chi connectivity index (χ2v) is 6.23. The molecule has 0 amide bonds. The molecule has 0 aliphatic carbocycles. The number of sulfonamides is 1. The Bertz CT molecular complexity index is 708. The van der Waals surface area contributed by atoms with E-state index in [9.17, 15) is 13.2 Å². The molecule has 0 radical (unpaired) electrons. The number of hydrogen-bond acceptors (Lipinski definition) is 7. The molecule has 2 N–H and O–H groups in total. The van der Waals surface area contributed by atoms with Crippen molar-refractivity contribution in [2.45, 2.75) is 11.9 Å². The molecule has 19 heavy (non-hydrogen) atoms. The van der Waals surface area contributed by atoms with E-state index in [2.05, 4.69) is 19.9 Å². The summed E-state index contributed by atoms with van der Waals surface area (Å²) in [6.45, 7) is 1.69. The lowest BCUT2D eigenvalue weighted by Gasteiger charge is -2.03. The molecule has 0 atom stereocenters. The number of carbonyl (C=O) groups is 1. The Morgan fingerprint density at radius 3 is 2.58 bits per heavy atom. The SMILES string of the molecule is Cc1nnc(NS(=O)(=O)c2ccc(C(=O)O)cn2)s1. The molecular weight excluding hydrogens is 292 g/mol. The van der Waals surface area contributed by atoms with Crippen molar-refractivity contribution < 1.29 is 18.3 Å². The van der Waals surface area contributed by atoms with Crippen molar-refractivity contribution in [3.63, 3.8) is 0 Å². The molecule has 100 valence electrons. The quantitative estimate of drug-likeness (QED) is 0.853. The van der Waals surface area contributed by atoms with Crippen LogP contribution in [0.1, 0.15) is 15.4 Å². The summed E-state index contributed by atoms with van der Waals surface area (Å²) in [6, 6.07) is 2.27. The number of pyridine rings is 1. The molecule has 0 unspecified atom stereocenters. The first-order valence-corrected chi connectivity index (χ1v) is 7.21. The first kappa shape index (κ1) is 13.4. The molecule has 0 saturated heterocycles. The third-order valence-electron chi connectivity index (χ3n) is 2.01. The van der Waals surface area contributed by atoms with E-state index in [0.29, 0.717) is 5.01 Å². The van der Waals surface area contributed by atoms with Crippen LogP contribution >= 0.6 is 11.3 Å². The molecule has 0 aromatic carbocycles. The Morgan fingerprint density at radius 2 is 2.11 bits per heavy atom. The van der Waals surface area contributed by atoms with Gasteiger partial charge in [-0.3, -0.25) is 4.72 Å². The third kappa shape index (κ3) is 3.03. The molecule has 10 heteroatoms. The van der Waals surface area contributed by atoms with Gasteiger partial charge in [0.15, 0.2) is 5.03 Å². The second kappa shape index (κ2) is 4.90. The van der Waals surface area contributed by atoms with Crippen LogP contribution in [0.5, 0.6) is 0 Å². The van der Waals surface area contributed by atoms with Crippen LogP contribution in [0.2, 0.25) is 0 Å². The van der Waals surface area contributed by atoms with E-state index in [1.165, 1.54) is 0 Å². The van der Waals surface area contributed by atoms with E-state index in [1.807, 2.05) is 0 Å². The van der Waals surface area contributed by atoms with Gasteiger partial charge in [0.1, 0.15) is 5.01 Å². The molecule has 8 nitrogen and oxygen atoms in total. The van der Waals surface area contributed by atoms with Gasteiger partial charge in [0.25, 0.3) is 10.0 Å². The summed E-state index contributed by atoms with van der Waals surface area (Å²) in [4.78, 5) is 14.2. The van der Waals surface area contributed by atoms with Gasteiger partial charge < -0.3 is 5.11 Å². The van der Waals surface area contributed by atoms with Gasteiger partial charge in [0.05, 0.1) is 5.56 Å². The Kier molecular flexibility index (Phi) is 3.44. The fourth-order valence-electron chi connectivity index (χ4n) is 1.17. The van der Waals surface area contributed by atoms with Crippen LogP contribution in [0.15, 0.2) is 23.4 Å². The van der Waals surface area contributed by atoms with Crippen molar-refractivity contribution in [1.82, 2.24) is 15.2 Å². The summed E-state index contributed by atoms with van der Waals surface area (Å²) in [5.41, 5.74) is -0.0919. The molecule has 2 rings (SSSR count). The average Bonchev–Trinajstić information content (AvgIpc) is 2.74. The minimum atomic E-state index is -3.89. The fourth-order valence-corrected chi connectivity index (χ4v) is 2.92. The lowest BCUT2D eigenvalue weighted by atomic mass is 10.3.